The van der Waals surface area contributed by atoms with Crippen molar-refractivity contribution in [3.05, 3.63) is 30.1 Å². The molecule has 2 unspecified atom stereocenters. The molecule has 172 valence electrons. The van der Waals surface area contributed by atoms with E-state index in [1.807, 2.05) is 18.7 Å². The first-order valence-corrected chi connectivity index (χ1v) is 11.4. The number of piperazine rings is 1. The van der Waals surface area contributed by atoms with Gasteiger partial charge in [-0.3, -0.25) is 14.7 Å². The number of nitrogens with one attached hydrogen (secondary N) is 1. The highest BCUT2D eigenvalue weighted by molar-refractivity contribution is 5.82. The maximum atomic E-state index is 13.9. The van der Waals surface area contributed by atoms with E-state index >= 15 is 0 Å². The van der Waals surface area contributed by atoms with Crippen LogP contribution in [0.15, 0.2) is 29.3 Å². The fourth-order valence-electron chi connectivity index (χ4n) is 4.21. The Kier molecular flexibility index (Phi) is 8.51. The number of benzene rings is 1. The molecule has 2 atom stereocenters. The van der Waals surface area contributed by atoms with Gasteiger partial charge in [-0.25, -0.2) is 4.39 Å². The predicted octanol–water partition coefficient (Wildman–Crippen LogP) is 2.19. The van der Waals surface area contributed by atoms with Gasteiger partial charge in [0.2, 0.25) is 5.91 Å². The van der Waals surface area contributed by atoms with E-state index in [4.69, 9.17) is 4.74 Å². The molecule has 2 aliphatic rings. The number of guanidine groups is 1. The Morgan fingerprint density at radius 2 is 1.81 bits per heavy atom. The number of ether oxygens (including phenoxy) is 1. The summed E-state index contributed by atoms with van der Waals surface area (Å²) >= 11 is 0. The van der Waals surface area contributed by atoms with Gasteiger partial charge in [0.25, 0.3) is 0 Å². The van der Waals surface area contributed by atoms with Crippen molar-refractivity contribution in [2.75, 3.05) is 52.9 Å². The van der Waals surface area contributed by atoms with Gasteiger partial charge in [-0.05, 0) is 38.3 Å². The molecule has 3 rings (SSSR count). The number of aliphatic imine (C=N–C) groups is 1. The Morgan fingerprint density at radius 1 is 1.13 bits per heavy atom. The minimum Gasteiger partial charge on any atom is -0.486 e. The molecule has 2 saturated heterocycles. The lowest BCUT2D eigenvalue weighted by Crippen LogP contribution is -2.57. The third-order valence-corrected chi connectivity index (χ3v) is 6.22. The number of amides is 1. The minimum atomic E-state index is -0.348. The molecule has 31 heavy (non-hydrogen) atoms. The Hall–Kier alpha value is -2.35. The monoisotopic (exact) mass is 433 g/mol. The van der Waals surface area contributed by atoms with Gasteiger partial charge < -0.3 is 19.9 Å². The molecule has 0 radical (unpaired) electrons. The molecule has 0 aromatic heterocycles. The fraction of sp³-hybridized carbons (Fsp3) is 0.652. The largest absolute Gasteiger partial charge is 0.486 e. The molecule has 1 N–H and O–H groups in total. The third kappa shape index (κ3) is 6.09. The lowest BCUT2D eigenvalue weighted by molar-refractivity contribution is -0.135. The molecular weight excluding hydrogens is 397 g/mol. The van der Waals surface area contributed by atoms with Gasteiger partial charge in [-0.15, -0.1) is 0 Å². The second-order valence-corrected chi connectivity index (χ2v) is 8.24. The molecule has 0 saturated carbocycles. The van der Waals surface area contributed by atoms with Crippen LogP contribution in [-0.4, -0.2) is 91.6 Å². The van der Waals surface area contributed by atoms with Crippen molar-refractivity contribution in [1.82, 2.24) is 20.0 Å². The smallest absolute Gasteiger partial charge is 0.239 e. The third-order valence-electron chi connectivity index (χ3n) is 6.22. The molecule has 1 aromatic carbocycles. The van der Waals surface area contributed by atoms with Gasteiger partial charge in [0, 0.05) is 46.3 Å². The van der Waals surface area contributed by atoms with Crippen molar-refractivity contribution < 1.29 is 13.9 Å². The fourth-order valence-corrected chi connectivity index (χ4v) is 4.21. The van der Waals surface area contributed by atoms with Crippen molar-refractivity contribution in [2.45, 2.75) is 45.3 Å². The molecule has 0 spiro atoms. The van der Waals surface area contributed by atoms with Crippen molar-refractivity contribution in [3.8, 4) is 5.75 Å². The molecule has 8 heteroatoms. The summed E-state index contributed by atoms with van der Waals surface area (Å²) in [6.07, 6.45) is 2.83. The van der Waals surface area contributed by atoms with Crippen molar-refractivity contribution >= 4 is 11.9 Å². The molecule has 1 amide bonds. The first kappa shape index (κ1) is 23.3. The van der Waals surface area contributed by atoms with E-state index < -0.39 is 0 Å². The number of rotatable bonds is 7. The van der Waals surface area contributed by atoms with E-state index in [0.717, 1.165) is 64.5 Å². The summed E-state index contributed by atoms with van der Waals surface area (Å²) in [6.45, 7) is 9.64. The van der Waals surface area contributed by atoms with Gasteiger partial charge in [-0.2, -0.15) is 0 Å². The van der Waals surface area contributed by atoms with Gasteiger partial charge in [0.15, 0.2) is 17.5 Å². The highest BCUT2D eigenvalue weighted by atomic mass is 19.1. The van der Waals surface area contributed by atoms with Crippen LogP contribution < -0.4 is 10.1 Å². The molecule has 7 nitrogen and oxygen atoms in total. The molecule has 2 aliphatic heterocycles. The average Bonchev–Trinajstić information content (AvgIpc) is 3.34. The van der Waals surface area contributed by atoms with Crippen LogP contribution in [0.5, 0.6) is 5.75 Å². The van der Waals surface area contributed by atoms with E-state index in [2.05, 4.69) is 20.1 Å². The van der Waals surface area contributed by atoms with Crippen molar-refractivity contribution in [2.24, 2.45) is 4.99 Å². The van der Waals surface area contributed by atoms with E-state index in [9.17, 15) is 9.18 Å². The maximum Gasteiger partial charge on any atom is 0.239 e. The zero-order valence-electron chi connectivity index (χ0n) is 19.0. The Balaban J connectivity index is 1.47. The molecule has 0 aliphatic carbocycles. The lowest BCUT2D eigenvalue weighted by atomic mass is 10.2. The molecule has 2 fully saturated rings. The molecule has 1 aromatic rings. The highest BCUT2D eigenvalue weighted by Crippen LogP contribution is 2.18. The molecule has 0 bridgehead atoms. The Labute approximate surface area is 185 Å². The summed E-state index contributed by atoms with van der Waals surface area (Å²) in [4.78, 5) is 23.6. The van der Waals surface area contributed by atoms with E-state index in [1.54, 1.807) is 25.2 Å². The van der Waals surface area contributed by atoms with Crippen LogP contribution in [0, 0.1) is 5.82 Å². The lowest BCUT2D eigenvalue weighted by Gasteiger charge is -2.39. The predicted molar refractivity (Wildman–Crippen MR) is 121 cm³/mol. The van der Waals surface area contributed by atoms with Crippen LogP contribution in [-0.2, 0) is 4.79 Å². The summed E-state index contributed by atoms with van der Waals surface area (Å²) in [7, 11) is 1.77. The summed E-state index contributed by atoms with van der Waals surface area (Å²) in [5, 5.41) is 3.38. The Morgan fingerprint density at radius 3 is 2.42 bits per heavy atom. The number of carbonyl (C=O) groups excluding carboxylic acids is 1. The summed E-state index contributed by atoms with van der Waals surface area (Å²) in [5.74, 6) is 0.994. The van der Waals surface area contributed by atoms with Crippen LogP contribution in [0.25, 0.3) is 0 Å². The molecular formula is C23H36FN5O2. The summed E-state index contributed by atoms with van der Waals surface area (Å²) < 4.78 is 19.7. The number of nitrogens with zero attached hydrogens (tertiary/aromatic N) is 4. The SMILES string of the molecule is CCC(CNC(=NC)N1CCN(C(C)C(=O)N2CCCC2)CC1)Oc1ccccc1F. The Bertz CT molecular complexity index is 745. The second-order valence-electron chi connectivity index (χ2n) is 8.24. The summed E-state index contributed by atoms with van der Waals surface area (Å²) in [5.41, 5.74) is 0. The highest BCUT2D eigenvalue weighted by Gasteiger charge is 2.30. The molecule has 2 heterocycles. The zero-order chi connectivity index (χ0) is 22.2. The van der Waals surface area contributed by atoms with Crippen molar-refractivity contribution in [1.29, 1.82) is 0 Å². The van der Waals surface area contributed by atoms with Crippen LogP contribution in [0.4, 0.5) is 4.39 Å². The number of hydrogen-bond acceptors (Lipinski definition) is 4. The maximum absolute atomic E-state index is 13.9. The van der Waals surface area contributed by atoms with Gasteiger partial charge >= 0.3 is 0 Å². The van der Waals surface area contributed by atoms with Crippen LogP contribution >= 0.6 is 0 Å². The number of hydrogen-bond donors (Lipinski definition) is 1. The zero-order valence-corrected chi connectivity index (χ0v) is 19.0. The first-order valence-electron chi connectivity index (χ1n) is 11.4. The number of para-hydroxylation sites is 1. The van der Waals surface area contributed by atoms with Crippen LogP contribution in [0.3, 0.4) is 0 Å². The number of carbonyl (C=O) groups is 1. The second kappa shape index (κ2) is 11.3. The van der Waals surface area contributed by atoms with Gasteiger partial charge in [0.05, 0.1) is 12.6 Å². The minimum absolute atomic E-state index is 0.0751. The van der Waals surface area contributed by atoms with Gasteiger partial charge in [0.1, 0.15) is 6.10 Å². The van der Waals surface area contributed by atoms with E-state index in [0.29, 0.717) is 6.54 Å². The van der Waals surface area contributed by atoms with Gasteiger partial charge in [-0.1, -0.05) is 19.1 Å². The number of halogens is 1. The van der Waals surface area contributed by atoms with E-state index in [-0.39, 0.29) is 29.6 Å². The van der Waals surface area contributed by atoms with Crippen molar-refractivity contribution in [3.63, 3.8) is 0 Å². The van der Waals surface area contributed by atoms with Crippen LogP contribution in [0.2, 0.25) is 0 Å². The average molecular weight is 434 g/mol. The standard InChI is InChI=1S/C23H36FN5O2/c1-4-19(31-21-10-6-5-9-20(21)24)17-26-23(25-3)29-15-13-27(14-16-29)18(2)22(30)28-11-7-8-12-28/h5-6,9-10,18-19H,4,7-8,11-17H2,1-3H3,(H,25,26). The number of likely N-dealkylation sites (tertiary alicyclic amines) is 1. The van der Waals surface area contributed by atoms with E-state index in [1.165, 1.54) is 6.07 Å². The first-order chi connectivity index (χ1) is 15.0. The van der Waals surface area contributed by atoms with Crippen LogP contribution in [0.1, 0.15) is 33.1 Å². The summed E-state index contributed by atoms with van der Waals surface area (Å²) in [6, 6.07) is 6.41. The topological polar surface area (TPSA) is 60.4 Å². The quantitative estimate of drug-likeness (QED) is 0.528. The normalized spacial score (nSPS) is 19.9.